The Morgan fingerprint density at radius 3 is 2.45 bits per heavy atom. The first kappa shape index (κ1) is 15.3. The van der Waals surface area contributed by atoms with Crippen molar-refractivity contribution in [3.8, 4) is 0 Å². The van der Waals surface area contributed by atoms with E-state index >= 15 is 0 Å². The number of nitrogens with zero attached hydrogens (tertiary/aromatic N) is 2. The Kier molecular flexibility index (Phi) is 5.79. The summed E-state index contributed by atoms with van der Waals surface area (Å²) in [5.74, 6) is 0.193. The highest BCUT2D eigenvalue weighted by atomic mass is 16.2. The van der Waals surface area contributed by atoms with Crippen molar-refractivity contribution in [2.24, 2.45) is 0 Å². The molecule has 2 fully saturated rings. The van der Waals surface area contributed by atoms with E-state index in [4.69, 9.17) is 0 Å². The minimum atomic E-state index is -0.112. The van der Waals surface area contributed by atoms with Crippen molar-refractivity contribution in [1.82, 2.24) is 20.4 Å². The van der Waals surface area contributed by atoms with Gasteiger partial charge in [-0.25, -0.2) is 0 Å². The summed E-state index contributed by atoms with van der Waals surface area (Å²) >= 11 is 0. The smallest absolute Gasteiger partial charge is 0.237 e. The van der Waals surface area contributed by atoms with Crippen LogP contribution in [0.3, 0.4) is 0 Å². The van der Waals surface area contributed by atoms with Gasteiger partial charge in [0.2, 0.25) is 11.8 Å². The van der Waals surface area contributed by atoms with E-state index < -0.39 is 0 Å². The second-order valence-corrected chi connectivity index (χ2v) is 5.59. The van der Waals surface area contributed by atoms with E-state index in [1.165, 1.54) is 0 Å². The van der Waals surface area contributed by atoms with Gasteiger partial charge in [0.05, 0.1) is 6.04 Å². The molecular weight excluding hydrogens is 256 g/mol. The Balaban J connectivity index is 1.64. The number of hydrogen-bond acceptors (Lipinski definition) is 4. The largest absolute Gasteiger partial charge is 0.354 e. The number of carbonyl (C=O) groups excluding carboxylic acids is 2. The van der Waals surface area contributed by atoms with Gasteiger partial charge in [0.15, 0.2) is 0 Å². The molecule has 0 aromatic carbocycles. The highest BCUT2D eigenvalue weighted by molar-refractivity contribution is 5.82. The Morgan fingerprint density at radius 1 is 1.15 bits per heavy atom. The summed E-state index contributed by atoms with van der Waals surface area (Å²) in [6.45, 7) is 7.82. The maximum Gasteiger partial charge on any atom is 0.237 e. The van der Waals surface area contributed by atoms with Gasteiger partial charge in [0, 0.05) is 52.2 Å². The topological polar surface area (TPSA) is 64.7 Å². The molecule has 2 N–H and O–H groups in total. The molecule has 0 aliphatic carbocycles. The van der Waals surface area contributed by atoms with Crippen molar-refractivity contribution in [3.63, 3.8) is 0 Å². The minimum Gasteiger partial charge on any atom is -0.354 e. The number of nitrogens with one attached hydrogen (secondary N) is 2. The average molecular weight is 282 g/mol. The number of hydrogen-bond donors (Lipinski definition) is 2. The molecule has 2 aliphatic rings. The zero-order valence-electron chi connectivity index (χ0n) is 12.4. The highest BCUT2D eigenvalue weighted by Gasteiger charge is 2.23. The Labute approximate surface area is 120 Å². The second-order valence-electron chi connectivity index (χ2n) is 5.59. The lowest BCUT2D eigenvalue weighted by Crippen LogP contribution is -2.52. The monoisotopic (exact) mass is 282 g/mol. The lowest BCUT2D eigenvalue weighted by Gasteiger charge is -2.31. The molecule has 2 amide bonds. The molecule has 20 heavy (non-hydrogen) atoms. The number of rotatable bonds is 5. The fourth-order valence-electron chi connectivity index (χ4n) is 2.80. The summed E-state index contributed by atoms with van der Waals surface area (Å²) in [5.41, 5.74) is 0. The fourth-order valence-corrected chi connectivity index (χ4v) is 2.80. The summed E-state index contributed by atoms with van der Waals surface area (Å²) < 4.78 is 0. The summed E-state index contributed by atoms with van der Waals surface area (Å²) in [4.78, 5) is 28.0. The third kappa shape index (κ3) is 4.18. The fraction of sp³-hybridized carbons (Fsp3) is 0.857. The van der Waals surface area contributed by atoms with E-state index in [0.717, 1.165) is 52.1 Å². The van der Waals surface area contributed by atoms with Crippen LogP contribution in [0, 0.1) is 0 Å². The third-order valence-electron chi connectivity index (χ3n) is 4.18. The van der Waals surface area contributed by atoms with Crippen LogP contribution in [0.1, 0.15) is 26.2 Å². The van der Waals surface area contributed by atoms with Crippen molar-refractivity contribution < 1.29 is 9.59 Å². The molecular formula is C14H26N4O2. The molecule has 0 aromatic heterocycles. The predicted molar refractivity (Wildman–Crippen MR) is 77.3 cm³/mol. The third-order valence-corrected chi connectivity index (χ3v) is 4.18. The molecule has 0 bridgehead atoms. The first-order valence-electron chi connectivity index (χ1n) is 7.69. The van der Waals surface area contributed by atoms with Crippen LogP contribution in [-0.2, 0) is 9.59 Å². The molecule has 0 spiro atoms. The van der Waals surface area contributed by atoms with Gasteiger partial charge < -0.3 is 15.5 Å². The quantitative estimate of drug-likeness (QED) is 0.707. The van der Waals surface area contributed by atoms with Crippen molar-refractivity contribution in [3.05, 3.63) is 0 Å². The van der Waals surface area contributed by atoms with E-state index in [-0.39, 0.29) is 17.9 Å². The molecule has 2 saturated heterocycles. The number of amides is 2. The summed E-state index contributed by atoms with van der Waals surface area (Å²) in [5, 5.41) is 6.16. The highest BCUT2D eigenvalue weighted by Crippen LogP contribution is 2.08. The lowest BCUT2D eigenvalue weighted by atomic mass is 10.2. The molecule has 2 rings (SSSR count). The van der Waals surface area contributed by atoms with Crippen LogP contribution in [-0.4, -0.2) is 73.5 Å². The van der Waals surface area contributed by atoms with Gasteiger partial charge in [-0.3, -0.25) is 14.5 Å². The van der Waals surface area contributed by atoms with Gasteiger partial charge in [-0.2, -0.15) is 0 Å². The van der Waals surface area contributed by atoms with Crippen LogP contribution in [0.2, 0.25) is 0 Å². The molecule has 114 valence electrons. The van der Waals surface area contributed by atoms with Crippen LogP contribution in [0.5, 0.6) is 0 Å². The Morgan fingerprint density at radius 2 is 1.80 bits per heavy atom. The van der Waals surface area contributed by atoms with Gasteiger partial charge in [-0.05, 0) is 19.8 Å². The Hall–Kier alpha value is -1.14. The zero-order valence-corrected chi connectivity index (χ0v) is 12.4. The first-order valence-corrected chi connectivity index (χ1v) is 7.69. The van der Waals surface area contributed by atoms with Gasteiger partial charge in [0.25, 0.3) is 0 Å². The second kappa shape index (κ2) is 7.59. The van der Waals surface area contributed by atoms with E-state index in [1.54, 1.807) is 0 Å². The van der Waals surface area contributed by atoms with Crippen LogP contribution in [0.4, 0.5) is 0 Å². The summed E-state index contributed by atoms with van der Waals surface area (Å²) in [7, 11) is 0. The average Bonchev–Trinajstić information content (AvgIpc) is 3.01. The van der Waals surface area contributed by atoms with E-state index in [2.05, 4.69) is 15.5 Å². The van der Waals surface area contributed by atoms with Crippen molar-refractivity contribution in [2.75, 3.05) is 45.8 Å². The number of carbonyl (C=O) groups is 2. The lowest BCUT2D eigenvalue weighted by molar-refractivity contribution is -0.130. The molecule has 6 nitrogen and oxygen atoms in total. The molecule has 0 aromatic rings. The zero-order chi connectivity index (χ0) is 14.4. The van der Waals surface area contributed by atoms with Gasteiger partial charge in [-0.15, -0.1) is 0 Å². The van der Waals surface area contributed by atoms with Crippen molar-refractivity contribution >= 4 is 11.8 Å². The van der Waals surface area contributed by atoms with Crippen LogP contribution in [0.15, 0.2) is 0 Å². The van der Waals surface area contributed by atoms with E-state index in [1.807, 2.05) is 11.8 Å². The normalized spacial score (nSPS) is 21.8. The van der Waals surface area contributed by atoms with Gasteiger partial charge in [-0.1, -0.05) is 0 Å². The van der Waals surface area contributed by atoms with Gasteiger partial charge in [0.1, 0.15) is 0 Å². The molecule has 2 aliphatic heterocycles. The summed E-state index contributed by atoms with van der Waals surface area (Å²) in [6, 6.07) is -0.112. The Bertz CT molecular complexity index is 336. The molecule has 1 unspecified atom stereocenters. The minimum absolute atomic E-state index is 0.0288. The predicted octanol–water partition coefficient (Wildman–Crippen LogP) is -0.591. The maximum atomic E-state index is 12.0. The number of piperazine rings is 1. The SMILES string of the molecule is CC(C(=O)NCCC(=O)N1CCCC1)N1CCNCC1. The van der Waals surface area contributed by atoms with E-state index in [0.29, 0.717) is 13.0 Å². The molecule has 2 heterocycles. The standard InChI is InChI=1S/C14H26N4O2/c1-12(17-10-6-15-7-11-17)14(20)16-5-4-13(19)18-8-2-3-9-18/h12,15H,2-11H2,1H3,(H,16,20). The first-order chi connectivity index (χ1) is 9.68. The van der Waals surface area contributed by atoms with Crippen molar-refractivity contribution in [1.29, 1.82) is 0 Å². The number of likely N-dealkylation sites (tertiary alicyclic amines) is 1. The molecule has 1 atom stereocenters. The summed E-state index contributed by atoms with van der Waals surface area (Å²) in [6.07, 6.45) is 2.64. The van der Waals surface area contributed by atoms with E-state index in [9.17, 15) is 9.59 Å². The van der Waals surface area contributed by atoms with Gasteiger partial charge >= 0.3 is 0 Å². The van der Waals surface area contributed by atoms with Crippen LogP contribution >= 0.6 is 0 Å². The molecule has 0 radical (unpaired) electrons. The maximum absolute atomic E-state index is 12.0. The van der Waals surface area contributed by atoms with Crippen LogP contribution in [0.25, 0.3) is 0 Å². The molecule has 0 saturated carbocycles. The van der Waals surface area contributed by atoms with Crippen molar-refractivity contribution in [2.45, 2.75) is 32.2 Å². The molecule has 6 heteroatoms. The van der Waals surface area contributed by atoms with Crippen LogP contribution < -0.4 is 10.6 Å².